The molecule has 0 aliphatic carbocycles. The molecular weight excluding hydrogens is 156 g/mol. The minimum Gasteiger partial charge on any atom is -0.0654 e. The van der Waals surface area contributed by atoms with Crippen molar-refractivity contribution in [2.75, 3.05) is 0 Å². The molecule has 1 aromatic rings. The van der Waals surface area contributed by atoms with Gasteiger partial charge in [-0.05, 0) is 30.7 Å². The average molecular weight is 175 g/mol. The maximum Gasteiger partial charge on any atom is -0.0136 e. The molecule has 0 nitrogen and oxygen atoms in total. The molecule has 0 spiro atoms. The first-order chi connectivity index (χ1) is 6.25. The summed E-state index contributed by atoms with van der Waals surface area (Å²) in [5.74, 6) is 1.13. The van der Waals surface area contributed by atoms with E-state index in [-0.39, 0.29) is 0 Å². The lowest BCUT2D eigenvalue weighted by Crippen LogP contribution is -2.06. The molecule has 1 rings (SSSR count). The summed E-state index contributed by atoms with van der Waals surface area (Å²) in [6, 6.07) is 10.7. The summed E-state index contributed by atoms with van der Waals surface area (Å²) in [4.78, 5) is 0. The Morgan fingerprint density at radius 1 is 1.23 bits per heavy atom. The van der Waals surface area contributed by atoms with Gasteiger partial charge < -0.3 is 0 Å². The SMILES string of the molecule is [CH2]C(C)C(CCC)c1ccccc1. The second kappa shape index (κ2) is 5.06. The van der Waals surface area contributed by atoms with Gasteiger partial charge in [0.2, 0.25) is 0 Å². The molecule has 0 heterocycles. The van der Waals surface area contributed by atoms with E-state index < -0.39 is 0 Å². The molecule has 13 heavy (non-hydrogen) atoms. The lowest BCUT2D eigenvalue weighted by molar-refractivity contribution is 0.500. The maximum absolute atomic E-state index is 4.13. The maximum atomic E-state index is 4.13. The van der Waals surface area contributed by atoms with Crippen LogP contribution in [0.3, 0.4) is 0 Å². The smallest absolute Gasteiger partial charge is 0.0136 e. The fourth-order valence-corrected chi connectivity index (χ4v) is 1.79. The number of benzene rings is 1. The number of hydrogen-bond acceptors (Lipinski definition) is 0. The molecule has 0 fully saturated rings. The molecule has 0 aliphatic rings. The second-order valence-corrected chi connectivity index (χ2v) is 3.78. The topological polar surface area (TPSA) is 0 Å². The van der Waals surface area contributed by atoms with Gasteiger partial charge in [-0.3, -0.25) is 0 Å². The molecule has 2 unspecified atom stereocenters. The Hall–Kier alpha value is -0.780. The van der Waals surface area contributed by atoms with Crippen LogP contribution in [-0.2, 0) is 0 Å². The summed E-state index contributed by atoms with van der Waals surface area (Å²) in [5, 5.41) is 0. The Labute approximate surface area is 82.0 Å². The van der Waals surface area contributed by atoms with Gasteiger partial charge >= 0.3 is 0 Å². The van der Waals surface area contributed by atoms with Crippen molar-refractivity contribution < 1.29 is 0 Å². The van der Waals surface area contributed by atoms with Gasteiger partial charge in [0.15, 0.2) is 0 Å². The molecular formula is C13H19. The van der Waals surface area contributed by atoms with Gasteiger partial charge in [-0.1, -0.05) is 50.6 Å². The van der Waals surface area contributed by atoms with Crippen LogP contribution in [0.5, 0.6) is 0 Å². The third kappa shape index (κ3) is 2.87. The van der Waals surface area contributed by atoms with Crippen LogP contribution in [0.2, 0.25) is 0 Å². The van der Waals surface area contributed by atoms with Gasteiger partial charge in [0.1, 0.15) is 0 Å². The molecule has 0 aromatic heterocycles. The van der Waals surface area contributed by atoms with Crippen molar-refractivity contribution >= 4 is 0 Å². The highest BCUT2D eigenvalue weighted by Crippen LogP contribution is 2.28. The van der Waals surface area contributed by atoms with E-state index in [0.29, 0.717) is 11.8 Å². The number of hydrogen-bond donors (Lipinski definition) is 0. The Bertz CT molecular complexity index is 223. The Morgan fingerprint density at radius 2 is 1.85 bits per heavy atom. The quantitative estimate of drug-likeness (QED) is 0.648. The molecule has 0 amide bonds. The zero-order valence-electron chi connectivity index (χ0n) is 8.66. The molecule has 71 valence electrons. The fourth-order valence-electron chi connectivity index (χ4n) is 1.79. The van der Waals surface area contributed by atoms with E-state index in [9.17, 15) is 0 Å². The molecule has 0 aliphatic heterocycles. The molecule has 0 bridgehead atoms. The first kappa shape index (κ1) is 10.3. The monoisotopic (exact) mass is 175 g/mol. The third-order valence-corrected chi connectivity index (χ3v) is 2.51. The van der Waals surface area contributed by atoms with Crippen molar-refractivity contribution in [1.82, 2.24) is 0 Å². The van der Waals surface area contributed by atoms with Gasteiger partial charge in [0.25, 0.3) is 0 Å². The molecule has 1 aromatic carbocycles. The van der Waals surface area contributed by atoms with Crippen molar-refractivity contribution in [1.29, 1.82) is 0 Å². The molecule has 0 saturated heterocycles. The zero-order valence-corrected chi connectivity index (χ0v) is 8.66. The van der Waals surface area contributed by atoms with E-state index in [2.05, 4.69) is 51.1 Å². The molecule has 0 N–H and O–H groups in total. The van der Waals surface area contributed by atoms with Crippen molar-refractivity contribution in [3.05, 3.63) is 42.8 Å². The van der Waals surface area contributed by atoms with E-state index in [1.165, 1.54) is 18.4 Å². The van der Waals surface area contributed by atoms with Crippen molar-refractivity contribution in [3.63, 3.8) is 0 Å². The average Bonchev–Trinajstić information content (AvgIpc) is 2.15. The van der Waals surface area contributed by atoms with Crippen LogP contribution in [0.25, 0.3) is 0 Å². The van der Waals surface area contributed by atoms with Crippen LogP contribution in [-0.4, -0.2) is 0 Å². The Balaban J connectivity index is 2.76. The van der Waals surface area contributed by atoms with Gasteiger partial charge in [0, 0.05) is 0 Å². The van der Waals surface area contributed by atoms with Crippen molar-refractivity contribution in [2.45, 2.75) is 32.6 Å². The molecule has 1 radical (unpaired) electrons. The van der Waals surface area contributed by atoms with Gasteiger partial charge in [-0.2, -0.15) is 0 Å². The predicted molar refractivity (Wildman–Crippen MR) is 58.6 cm³/mol. The Kier molecular flexibility index (Phi) is 4.01. The summed E-state index contributed by atoms with van der Waals surface area (Å²) < 4.78 is 0. The minimum absolute atomic E-state index is 0.502. The highest BCUT2D eigenvalue weighted by Gasteiger charge is 2.13. The first-order valence-electron chi connectivity index (χ1n) is 5.13. The summed E-state index contributed by atoms with van der Waals surface area (Å²) in [6.07, 6.45) is 2.48. The summed E-state index contributed by atoms with van der Waals surface area (Å²) in [5.41, 5.74) is 1.44. The van der Waals surface area contributed by atoms with Crippen LogP contribution in [0.15, 0.2) is 30.3 Å². The standard InChI is InChI=1S/C13H19/c1-4-8-13(11(2)3)12-9-6-5-7-10-12/h5-7,9-11,13H,2,4,8H2,1,3H3. The highest BCUT2D eigenvalue weighted by molar-refractivity contribution is 5.20. The summed E-state index contributed by atoms with van der Waals surface area (Å²) in [7, 11) is 0. The molecule has 0 saturated carbocycles. The molecule has 2 atom stereocenters. The lowest BCUT2D eigenvalue weighted by atomic mass is 9.85. The van der Waals surface area contributed by atoms with Gasteiger partial charge in [-0.15, -0.1) is 0 Å². The van der Waals surface area contributed by atoms with Crippen LogP contribution in [0.1, 0.15) is 38.2 Å². The Morgan fingerprint density at radius 3 is 2.31 bits per heavy atom. The van der Waals surface area contributed by atoms with Gasteiger partial charge in [0.05, 0.1) is 0 Å². The van der Waals surface area contributed by atoms with Crippen molar-refractivity contribution in [3.8, 4) is 0 Å². The normalized spacial score (nSPS) is 13.2. The van der Waals surface area contributed by atoms with Crippen LogP contribution < -0.4 is 0 Å². The summed E-state index contributed by atoms with van der Waals surface area (Å²) in [6.45, 7) is 8.57. The fraction of sp³-hybridized carbons (Fsp3) is 0.462. The van der Waals surface area contributed by atoms with E-state index in [1.807, 2.05) is 0 Å². The van der Waals surface area contributed by atoms with Gasteiger partial charge in [-0.25, -0.2) is 0 Å². The lowest BCUT2D eigenvalue weighted by Gasteiger charge is -2.20. The van der Waals surface area contributed by atoms with Crippen LogP contribution in [0, 0.1) is 12.8 Å². The largest absolute Gasteiger partial charge is 0.0654 e. The first-order valence-corrected chi connectivity index (χ1v) is 5.13. The third-order valence-electron chi connectivity index (χ3n) is 2.51. The zero-order chi connectivity index (χ0) is 9.68. The van der Waals surface area contributed by atoms with Crippen LogP contribution in [0.4, 0.5) is 0 Å². The predicted octanol–water partition coefficient (Wildman–Crippen LogP) is 4.04. The highest BCUT2D eigenvalue weighted by atomic mass is 14.2. The van der Waals surface area contributed by atoms with E-state index >= 15 is 0 Å². The van der Waals surface area contributed by atoms with Crippen molar-refractivity contribution in [2.24, 2.45) is 5.92 Å². The number of rotatable bonds is 4. The van der Waals surface area contributed by atoms with Crippen LogP contribution >= 0.6 is 0 Å². The summed E-state index contributed by atoms with van der Waals surface area (Å²) >= 11 is 0. The van der Waals surface area contributed by atoms with E-state index in [4.69, 9.17) is 0 Å². The minimum atomic E-state index is 0.502. The van der Waals surface area contributed by atoms with E-state index in [0.717, 1.165) is 0 Å². The molecule has 0 heteroatoms. The van der Waals surface area contributed by atoms with E-state index in [1.54, 1.807) is 0 Å². The second-order valence-electron chi connectivity index (χ2n) is 3.78.